The number of rotatable bonds is 5. The second-order valence-corrected chi connectivity index (χ2v) is 9.20. The molecule has 29 heavy (non-hydrogen) atoms. The third-order valence-corrected chi connectivity index (χ3v) is 7.39. The van der Waals surface area contributed by atoms with Crippen LogP contribution in [-0.4, -0.2) is 62.8 Å². The van der Waals surface area contributed by atoms with E-state index in [9.17, 15) is 0 Å². The van der Waals surface area contributed by atoms with Gasteiger partial charge in [0.05, 0.1) is 0 Å². The van der Waals surface area contributed by atoms with Gasteiger partial charge in [0, 0.05) is 57.4 Å². The van der Waals surface area contributed by atoms with E-state index >= 15 is 0 Å². The molecule has 0 spiro atoms. The van der Waals surface area contributed by atoms with Gasteiger partial charge in [0.2, 0.25) is 0 Å². The Morgan fingerprint density at radius 3 is 2.66 bits per heavy atom. The van der Waals surface area contributed by atoms with E-state index in [0.717, 1.165) is 51.1 Å². The lowest BCUT2D eigenvalue weighted by Gasteiger charge is -2.39. The summed E-state index contributed by atoms with van der Waals surface area (Å²) in [5.74, 6) is 0.947. The summed E-state index contributed by atoms with van der Waals surface area (Å²) in [6.07, 6.45) is 8.93. The van der Waals surface area contributed by atoms with Crippen molar-refractivity contribution >= 4 is 5.96 Å². The topological polar surface area (TPSA) is 48.9 Å². The second kappa shape index (κ2) is 9.48. The number of hydrogen-bond acceptors (Lipinski definition) is 3. The molecule has 0 aromatic heterocycles. The van der Waals surface area contributed by atoms with E-state index in [4.69, 9.17) is 4.74 Å². The van der Waals surface area contributed by atoms with Gasteiger partial charge >= 0.3 is 0 Å². The molecule has 160 valence electrons. The summed E-state index contributed by atoms with van der Waals surface area (Å²) in [5.41, 5.74) is 2.95. The molecule has 1 saturated carbocycles. The highest BCUT2D eigenvalue weighted by Gasteiger charge is 2.36. The Labute approximate surface area is 176 Å². The molecule has 4 rings (SSSR count). The van der Waals surface area contributed by atoms with Gasteiger partial charge in [0.15, 0.2) is 5.96 Å². The van der Waals surface area contributed by atoms with Crippen LogP contribution in [0.25, 0.3) is 0 Å². The lowest BCUT2D eigenvalue weighted by Crippen LogP contribution is -2.51. The largest absolute Gasteiger partial charge is 0.381 e. The van der Waals surface area contributed by atoms with Crippen molar-refractivity contribution in [3.63, 3.8) is 0 Å². The molecule has 0 radical (unpaired) electrons. The average Bonchev–Trinajstić information content (AvgIpc) is 3.44. The molecule has 1 atom stereocenters. The monoisotopic (exact) mass is 398 g/mol. The molecule has 2 heterocycles. The molecule has 0 bridgehead atoms. The first kappa shape index (κ1) is 20.7. The number of ether oxygens (including phenoxy) is 1. The van der Waals surface area contributed by atoms with Gasteiger partial charge in [-0.25, -0.2) is 0 Å². The minimum Gasteiger partial charge on any atom is -0.381 e. The first-order chi connectivity index (χ1) is 14.2. The maximum atomic E-state index is 5.71. The van der Waals surface area contributed by atoms with Crippen LogP contribution in [-0.2, 0) is 10.2 Å². The Balaban J connectivity index is 1.37. The van der Waals surface area contributed by atoms with Crippen LogP contribution in [0.1, 0.15) is 56.1 Å². The minimum absolute atomic E-state index is 0.118. The molecule has 3 aliphatic rings. The lowest BCUT2D eigenvalue weighted by atomic mass is 9.72. The van der Waals surface area contributed by atoms with Gasteiger partial charge in [-0.05, 0) is 50.2 Å². The highest BCUT2D eigenvalue weighted by Crippen LogP contribution is 2.36. The number of likely N-dealkylation sites (tertiary alicyclic amines) is 1. The molecule has 1 aromatic carbocycles. The third kappa shape index (κ3) is 4.77. The summed E-state index contributed by atoms with van der Waals surface area (Å²) in [4.78, 5) is 7.25. The molecular formula is C24H38N4O. The van der Waals surface area contributed by atoms with Gasteiger partial charge in [-0.3, -0.25) is 9.89 Å². The van der Waals surface area contributed by atoms with Crippen molar-refractivity contribution in [3.05, 3.63) is 35.4 Å². The Kier molecular flexibility index (Phi) is 6.76. The van der Waals surface area contributed by atoms with Crippen LogP contribution >= 0.6 is 0 Å². The standard InChI is InChI=1S/C24H38N4O/c1-19-7-3-6-10-22(19)24(12-15-29-16-13-24)18-26-23(25-2)27-20-11-14-28(17-20)21-8-4-5-9-21/h3,6-7,10,20-21H,4-5,8-9,11-18H2,1-2H3,(H2,25,26,27). The van der Waals surface area contributed by atoms with Gasteiger partial charge in [0.25, 0.3) is 0 Å². The van der Waals surface area contributed by atoms with Gasteiger partial charge in [-0.15, -0.1) is 0 Å². The highest BCUT2D eigenvalue weighted by molar-refractivity contribution is 5.80. The molecule has 1 aromatic rings. The number of aliphatic imine (C=N–C) groups is 1. The molecule has 0 amide bonds. The van der Waals surface area contributed by atoms with Crippen LogP contribution in [0, 0.1) is 6.92 Å². The van der Waals surface area contributed by atoms with Crippen LogP contribution in [0.15, 0.2) is 29.3 Å². The molecule has 5 heteroatoms. The SMILES string of the molecule is CN=C(NCC1(c2ccccc2C)CCOCC1)NC1CCN(C2CCCC2)C1. The van der Waals surface area contributed by atoms with Crippen molar-refractivity contribution in [2.45, 2.75) is 69.4 Å². The Hall–Kier alpha value is -1.59. The number of guanidine groups is 1. The summed E-state index contributed by atoms with van der Waals surface area (Å²) in [7, 11) is 1.89. The average molecular weight is 399 g/mol. The van der Waals surface area contributed by atoms with Gasteiger partial charge < -0.3 is 15.4 Å². The molecule has 5 nitrogen and oxygen atoms in total. The molecule has 3 fully saturated rings. The fourth-order valence-corrected chi connectivity index (χ4v) is 5.62. The normalized spacial score (nSPS) is 26.0. The van der Waals surface area contributed by atoms with Crippen molar-refractivity contribution < 1.29 is 4.74 Å². The maximum Gasteiger partial charge on any atom is 0.191 e. The van der Waals surface area contributed by atoms with Gasteiger partial charge in [0.1, 0.15) is 0 Å². The quantitative estimate of drug-likeness (QED) is 0.591. The molecule has 2 N–H and O–H groups in total. The molecular weight excluding hydrogens is 360 g/mol. The zero-order chi connectivity index (χ0) is 20.1. The van der Waals surface area contributed by atoms with E-state index in [-0.39, 0.29) is 5.41 Å². The second-order valence-electron chi connectivity index (χ2n) is 9.20. The fraction of sp³-hybridized carbons (Fsp3) is 0.708. The van der Waals surface area contributed by atoms with E-state index in [2.05, 4.69) is 51.7 Å². The van der Waals surface area contributed by atoms with Gasteiger partial charge in [-0.2, -0.15) is 0 Å². The number of aryl methyl sites for hydroxylation is 1. The van der Waals surface area contributed by atoms with E-state index in [1.807, 2.05) is 7.05 Å². The van der Waals surface area contributed by atoms with Crippen molar-refractivity contribution in [2.24, 2.45) is 4.99 Å². The molecule has 1 aliphatic carbocycles. The van der Waals surface area contributed by atoms with Crippen LogP contribution < -0.4 is 10.6 Å². The maximum absolute atomic E-state index is 5.71. The van der Waals surface area contributed by atoms with Crippen molar-refractivity contribution in [1.82, 2.24) is 15.5 Å². The number of nitrogens with one attached hydrogen (secondary N) is 2. The zero-order valence-electron chi connectivity index (χ0n) is 18.3. The fourth-order valence-electron chi connectivity index (χ4n) is 5.62. The summed E-state index contributed by atoms with van der Waals surface area (Å²) < 4.78 is 5.71. The van der Waals surface area contributed by atoms with Crippen molar-refractivity contribution in [2.75, 3.05) is 39.9 Å². The van der Waals surface area contributed by atoms with E-state index in [0.29, 0.717) is 6.04 Å². The van der Waals surface area contributed by atoms with Crippen molar-refractivity contribution in [3.8, 4) is 0 Å². The van der Waals surface area contributed by atoms with Crippen LogP contribution in [0.5, 0.6) is 0 Å². The summed E-state index contributed by atoms with van der Waals surface area (Å²) >= 11 is 0. The predicted octanol–water partition coefficient (Wildman–Crippen LogP) is 3.23. The van der Waals surface area contributed by atoms with E-state index in [1.54, 1.807) is 0 Å². The number of benzene rings is 1. The smallest absolute Gasteiger partial charge is 0.191 e. The van der Waals surface area contributed by atoms with Crippen LogP contribution in [0.2, 0.25) is 0 Å². The third-order valence-electron chi connectivity index (χ3n) is 7.39. The van der Waals surface area contributed by atoms with E-state index < -0.39 is 0 Å². The summed E-state index contributed by atoms with van der Waals surface area (Å²) in [6, 6.07) is 10.2. The number of nitrogens with zero attached hydrogens (tertiary/aromatic N) is 2. The number of hydrogen-bond donors (Lipinski definition) is 2. The van der Waals surface area contributed by atoms with Gasteiger partial charge in [-0.1, -0.05) is 37.1 Å². The van der Waals surface area contributed by atoms with Crippen molar-refractivity contribution in [1.29, 1.82) is 0 Å². The van der Waals surface area contributed by atoms with Crippen LogP contribution in [0.4, 0.5) is 0 Å². The lowest BCUT2D eigenvalue weighted by molar-refractivity contribution is 0.0511. The Morgan fingerprint density at radius 2 is 1.93 bits per heavy atom. The zero-order valence-corrected chi connectivity index (χ0v) is 18.3. The highest BCUT2D eigenvalue weighted by atomic mass is 16.5. The Morgan fingerprint density at radius 1 is 1.17 bits per heavy atom. The predicted molar refractivity (Wildman–Crippen MR) is 120 cm³/mol. The Bertz CT molecular complexity index is 692. The first-order valence-corrected chi connectivity index (χ1v) is 11.6. The first-order valence-electron chi connectivity index (χ1n) is 11.6. The molecule has 2 saturated heterocycles. The van der Waals surface area contributed by atoms with Crippen LogP contribution in [0.3, 0.4) is 0 Å². The summed E-state index contributed by atoms with van der Waals surface area (Å²) in [6.45, 7) is 7.18. The molecule has 1 unspecified atom stereocenters. The van der Waals surface area contributed by atoms with E-state index in [1.165, 1.54) is 49.8 Å². The minimum atomic E-state index is 0.118. The summed E-state index contributed by atoms with van der Waals surface area (Å²) in [5, 5.41) is 7.39. The molecule has 2 aliphatic heterocycles.